The molecule has 138 valence electrons. The van der Waals surface area contributed by atoms with Crippen molar-refractivity contribution in [2.45, 2.75) is 57.5 Å². The lowest BCUT2D eigenvalue weighted by Crippen LogP contribution is -2.37. The first-order chi connectivity index (χ1) is 12.4. The van der Waals surface area contributed by atoms with Gasteiger partial charge in [-0.2, -0.15) is 0 Å². The first-order valence-corrected chi connectivity index (χ1v) is 9.94. The fourth-order valence-corrected chi connectivity index (χ4v) is 4.54. The molecule has 1 heterocycles. The first kappa shape index (κ1) is 18.6. The van der Waals surface area contributed by atoms with Crippen molar-refractivity contribution in [2.75, 3.05) is 0 Å². The van der Waals surface area contributed by atoms with Crippen molar-refractivity contribution in [2.24, 2.45) is 0 Å². The topological polar surface area (TPSA) is 58.2 Å². The molecule has 0 aliphatic heterocycles. The van der Waals surface area contributed by atoms with E-state index in [1.54, 1.807) is 11.3 Å². The van der Waals surface area contributed by atoms with Crippen LogP contribution in [0.2, 0.25) is 0 Å². The number of carbonyl (C=O) groups excluding carboxylic acids is 2. The molecular weight excluding hydrogens is 344 g/mol. The lowest BCUT2D eigenvalue weighted by molar-refractivity contribution is -0.123. The summed E-state index contributed by atoms with van der Waals surface area (Å²) in [4.78, 5) is 25.2. The zero-order valence-corrected chi connectivity index (χ0v) is 16.4. The van der Waals surface area contributed by atoms with Crippen LogP contribution < -0.4 is 10.6 Å². The second-order valence-electron chi connectivity index (χ2n) is 7.60. The molecule has 2 amide bonds. The van der Waals surface area contributed by atoms with Crippen LogP contribution in [0, 0.1) is 0 Å². The number of benzene rings is 1. The van der Waals surface area contributed by atoms with E-state index in [0.29, 0.717) is 0 Å². The van der Waals surface area contributed by atoms with Crippen molar-refractivity contribution in [3.05, 3.63) is 57.8 Å². The lowest BCUT2D eigenvalue weighted by atomic mass is 9.71. The fourth-order valence-electron chi connectivity index (χ4n) is 3.76. The van der Waals surface area contributed by atoms with Gasteiger partial charge in [-0.05, 0) is 40.8 Å². The van der Waals surface area contributed by atoms with E-state index in [-0.39, 0.29) is 35.7 Å². The summed E-state index contributed by atoms with van der Waals surface area (Å²) >= 11 is 1.55. The zero-order valence-electron chi connectivity index (χ0n) is 15.5. The van der Waals surface area contributed by atoms with E-state index in [1.807, 2.05) is 23.6 Å². The third-order valence-electron chi connectivity index (χ3n) is 5.11. The summed E-state index contributed by atoms with van der Waals surface area (Å²) in [5, 5.41) is 8.05. The number of rotatable bonds is 5. The molecule has 4 nitrogen and oxygen atoms in total. The van der Waals surface area contributed by atoms with Gasteiger partial charge < -0.3 is 10.6 Å². The van der Waals surface area contributed by atoms with Crippen LogP contribution in [0.1, 0.15) is 68.1 Å². The molecule has 1 aliphatic rings. The predicted octanol–water partition coefficient (Wildman–Crippen LogP) is 4.24. The second kappa shape index (κ2) is 7.62. The molecule has 0 unspecified atom stereocenters. The Kier molecular flexibility index (Phi) is 5.47. The Balaban J connectivity index is 1.72. The van der Waals surface area contributed by atoms with Gasteiger partial charge >= 0.3 is 0 Å². The Bertz CT molecular complexity index is 783. The van der Waals surface area contributed by atoms with Crippen molar-refractivity contribution >= 4 is 23.2 Å². The molecular formula is C21H26N2O2S. The molecule has 2 atom stereocenters. The van der Waals surface area contributed by atoms with Crippen LogP contribution in [0.5, 0.6) is 0 Å². The highest BCUT2D eigenvalue weighted by Gasteiger charge is 2.33. The van der Waals surface area contributed by atoms with Crippen LogP contribution in [0.25, 0.3) is 0 Å². The van der Waals surface area contributed by atoms with Gasteiger partial charge in [-0.3, -0.25) is 9.59 Å². The van der Waals surface area contributed by atoms with E-state index in [1.165, 1.54) is 18.1 Å². The highest BCUT2D eigenvalue weighted by atomic mass is 32.1. The Labute approximate surface area is 159 Å². The summed E-state index contributed by atoms with van der Waals surface area (Å²) in [5.41, 5.74) is 2.66. The minimum absolute atomic E-state index is 0.0309. The number of nitrogens with one attached hydrogen (secondary N) is 2. The van der Waals surface area contributed by atoms with Gasteiger partial charge in [0.05, 0.1) is 18.5 Å². The molecule has 5 heteroatoms. The zero-order chi connectivity index (χ0) is 18.7. The fraction of sp³-hybridized carbons (Fsp3) is 0.429. The summed E-state index contributed by atoms with van der Waals surface area (Å²) in [5.74, 6) is -0.155. The van der Waals surface area contributed by atoms with Crippen LogP contribution in [-0.4, -0.2) is 11.8 Å². The summed E-state index contributed by atoms with van der Waals surface area (Å²) in [7, 11) is 0. The highest BCUT2D eigenvalue weighted by molar-refractivity contribution is 7.10. The van der Waals surface area contributed by atoms with Crippen LogP contribution >= 0.6 is 11.3 Å². The van der Waals surface area contributed by atoms with Crippen molar-refractivity contribution < 1.29 is 9.59 Å². The molecule has 0 fully saturated rings. The van der Waals surface area contributed by atoms with Crippen LogP contribution in [0.15, 0.2) is 41.8 Å². The van der Waals surface area contributed by atoms with Gasteiger partial charge in [0.25, 0.3) is 0 Å². The maximum atomic E-state index is 12.7. The number of amides is 2. The smallest absolute Gasteiger partial charge is 0.222 e. The molecule has 2 aromatic rings. The quantitative estimate of drug-likeness (QED) is 0.827. The maximum Gasteiger partial charge on any atom is 0.222 e. The minimum Gasteiger partial charge on any atom is -0.349 e. The average Bonchev–Trinajstić information content (AvgIpc) is 3.11. The van der Waals surface area contributed by atoms with E-state index < -0.39 is 0 Å². The van der Waals surface area contributed by atoms with Crippen LogP contribution in [-0.2, 0) is 15.0 Å². The number of hydrogen-bond acceptors (Lipinski definition) is 3. The van der Waals surface area contributed by atoms with Gasteiger partial charge in [-0.1, -0.05) is 44.2 Å². The second-order valence-corrected chi connectivity index (χ2v) is 8.58. The lowest BCUT2D eigenvalue weighted by Gasteiger charge is -2.37. The molecule has 0 saturated heterocycles. The summed E-state index contributed by atoms with van der Waals surface area (Å²) in [6.07, 6.45) is 2.22. The van der Waals surface area contributed by atoms with Crippen molar-refractivity contribution in [1.82, 2.24) is 10.6 Å². The monoisotopic (exact) mass is 370 g/mol. The van der Waals surface area contributed by atoms with E-state index in [2.05, 4.69) is 42.7 Å². The average molecular weight is 371 g/mol. The number of hydrogen-bond donors (Lipinski definition) is 2. The Hall–Kier alpha value is -2.14. The number of thiophene rings is 1. The maximum absolute atomic E-state index is 12.7. The van der Waals surface area contributed by atoms with E-state index >= 15 is 0 Å². The Morgan fingerprint density at radius 1 is 1.23 bits per heavy atom. The van der Waals surface area contributed by atoms with E-state index in [4.69, 9.17) is 0 Å². The summed E-state index contributed by atoms with van der Waals surface area (Å²) < 4.78 is 0. The van der Waals surface area contributed by atoms with Gasteiger partial charge in [0.1, 0.15) is 0 Å². The van der Waals surface area contributed by atoms with Gasteiger partial charge in [0.2, 0.25) is 11.8 Å². The van der Waals surface area contributed by atoms with Crippen molar-refractivity contribution in [3.63, 3.8) is 0 Å². The molecule has 2 N–H and O–H groups in total. The third kappa shape index (κ3) is 4.15. The van der Waals surface area contributed by atoms with Crippen LogP contribution in [0.4, 0.5) is 0 Å². The molecule has 0 saturated carbocycles. The SMILES string of the molecule is CC(=O)N[C@H](CC(=O)N[C@@H]1CCC(C)(C)c2ccccc21)c1cccs1. The largest absolute Gasteiger partial charge is 0.349 e. The van der Waals surface area contributed by atoms with Crippen LogP contribution in [0.3, 0.4) is 0 Å². The molecule has 0 spiro atoms. The Morgan fingerprint density at radius 3 is 2.69 bits per heavy atom. The number of carbonyl (C=O) groups is 2. The minimum atomic E-state index is -0.275. The molecule has 26 heavy (non-hydrogen) atoms. The van der Waals surface area contributed by atoms with E-state index in [0.717, 1.165) is 17.7 Å². The molecule has 0 bridgehead atoms. The van der Waals surface area contributed by atoms with E-state index in [9.17, 15) is 9.59 Å². The number of fused-ring (bicyclic) bond motifs is 1. The highest BCUT2D eigenvalue weighted by Crippen LogP contribution is 2.41. The van der Waals surface area contributed by atoms with Crippen molar-refractivity contribution in [3.8, 4) is 0 Å². The van der Waals surface area contributed by atoms with Crippen molar-refractivity contribution in [1.29, 1.82) is 0 Å². The first-order valence-electron chi connectivity index (χ1n) is 9.06. The Morgan fingerprint density at radius 2 is 2.00 bits per heavy atom. The standard InChI is InChI=1S/C21H26N2O2S/c1-14(24)22-18(19-9-6-12-26-19)13-20(25)23-17-10-11-21(2,3)16-8-5-4-7-15(16)17/h4-9,12,17-18H,10-11,13H2,1-3H3,(H,22,24)(H,23,25)/t17-,18-/m1/s1. The van der Waals surface area contributed by atoms with Gasteiger partial charge in [-0.15, -0.1) is 11.3 Å². The third-order valence-corrected chi connectivity index (χ3v) is 6.10. The molecule has 1 aromatic heterocycles. The summed E-state index contributed by atoms with van der Waals surface area (Å²) in [6, 6.07) is 12.0. The molecule has 3 rings (SSSR count). The van der Waals surface area contributed by atoms with Gasteiger partial charge in [0, 0.05) is 11.8 Å². The van der Waals surface area contributed by atoms with Gasteiger partial charge in [0.15, 0.2) is 0 Å². The normalized spacial score (nSPS) is 19.3. The molecule has 1 aliphatic carbocycles. The van der Waals surface area contributed by atoms with Gasteiger partial charge in [-0.25, -0.2) is 0 Å². The molecule has 0 radical (unpaired) electrons. The predicted molar refractivity (Wildman–Crippen MR) is 105 cm³/mol. The summed E-state index contributed by atoms with van der Waals surface area (Å²) in [6.45, 7) is 6.00. The molecule has 1 aromatic carbocycles.